The van der Waals surface area contributed by atoms with Crippen LogP contribution < -0.4 is 10.1 Å². The largest absolute Gasteiger partial charge is 0.496 e. The Bertz CT molecular complexity index is 639. The molecule has 134 valence electrons. The van der Waals surface area contributed by atoms with Crippen LogP contribution in [0.15, 0.2) is 54.6 Å². The number of likely N-dealkylation sites (N-methyl/N-ethyl adjacent to an activating group) is 1. The Balaban J connectivity index is 1.68. The van der Waals surface area contributed by atoms with Gasteiger partial charge in [-0.1, -0.05) is 48.5 Å². The highest BCUT2D eigenvalue weighted by molar-refractivity contribution is 5.33. The average molecular weight is 339 g/mol. The molecule has 0 aromatic heterocycles. The number of hydrogen-bond acceptors (Lipinski definition) is 4. The Morgan fingerprint density at radius 1 is 0.960 bits per heavy atom. The highest BCUT2D eigenvalue weighted by Gasteiger charge is 2.19. The van der Waals surface area contributed by atoms with Gasteiger partial charge in [0.1, 0.15) is 5.75 Å². The van der Waals surface area contributed by atoms with Gasteiger partial charge in [0.05, 0.1) is 7.11 Å². The number of benzene rings is 2. The predicted octanol–water partition coefficient (Wildman–Crippen LogP) is 2.77. The molecule has 1 fully saturated rings. The van der Waals surface area contributed by atoms with Crippen molar-refractivity contribution < 1.29 is 4.74 Å². The number of methoxy groups -OCH3 is 1. The fraction of sp³-hybridized carbons (Fsp3) is 0.429. The fourth-order valence-electron chi connectivity index (χ4n) is 3.34. The van der Waals surface area contributed by atoms with E-state index in [1.807, 2.05) is 12.1 Å². The van der Waals surface area contributed by atoms with Crippen molar-refractivity contribution in [1.29, 1.82) is 0 Å². The Morgan fingerprint density at radius 3 is 2.36 bits per heavy atom. The van der Waals surface area contributed by atoms with E-state index in [1.165, 1.54) is 11.1 Å². The SMILES string of the molecule is COc1ccccc1CN[C@H](CN1CCN(C)CC1)c1ccccc1. The van der Waals surface area contributed by atoms with Crippen molar-refractivity contribution in [3.05, 3.63) is 65.7 Å². The summed E-state index contributed by atoms with van der Waals surface area (Å²) in [5, 5.41) is 3.75. The normalized spacial score (nSPS) is 17.4. The minimum atomic E-state index is 0.314. The van der Waals surface area contributed by atoms with Crippen LogP contribution in [0.4, 0.5) is 0 Å². The van der Waals surface area contributed by atoms with Crippen LogP contribution in [-0.4, -0.2) is 56.7 Å². The van der Waals surface area contributed by atoms with Crippen LogP contribution in [0.3, 0.4) is 0 Å². The summed E-state index contributed by atoms with van der Waals surface area (Å²) in [5.74, 6) is 0.946. The third kappa shape index (κ3) is 5.05. The summed E-state index contributed by atoms with van der Waals surface area (Å²) in [6.45, 7) is 6.40. The topological polar surface area (TPSA) is 27.7 Å². The minimum absolute atomic E-state index is 0.314. The summed E-state index contributed by atoms with van der Waals surface area (Å²) in [6, 6.07) is 19.3. The molecule has 1 heterocycles. The highest BCUT2D eigenvalue weighted by Crippen LogP contribution is 2.20. The average Bonchev–Trinajstić information content (AvgIpc) is 2.67. The van der Waals surface area contributed by atoms with Crippen molar-refractivity contribution in [2.24, 2.45) is 0 Å². The Hall–Kier alpha value is -1.88. The third-order valence-corrected chi connectivity index (χ3v) is 4.97. The smallest absolute Gasteiger partial charge is 0.123 e. The van der Waals surface area contributed by atoms with Gasteiger partial charge in [-0.3, -0.25) is 4.90 Å². The second kappa shape index (κ2) is 8.99. The summed E-state index contributed by atoms with van der Waals surface area (Å²) in [5.41, 5.74) is 2.54. The van der Waals surface area contributed by atoms with Crippen molar-refractivity contribution in [3.8, 4) is 5.75 Å². The molecule has 0 unspecified atom stereocenters. The van der Waals surface area contributed by atoms with Crippen molar-refractivity contribution in [1.82, 2.24) is 15.1 Å². The number of hydrogen-bond donors (Lipinski definition) is 1. The number of piperazine rings is 1. The second-order valence-electron chi connectivity index (χ2n) is 6.76. The minimum Gasteiger partial charge on any atom is -0.496 e. The lowest BCUT2D eigenvalue weighted by atomic mass is 10.1. The van der Waals surface area contributed by atoms with Crippen LogP contribution in [0.2, 0.25) is 0 Å². The van der Waals surface area contributed by atoms with Gasteiger partial charge in [-0.05, 0) is 18.7 Å². The molecule has 0 radical (unpaired) electrons. The molecule has 0 bridgehead atoms. The molecule has 0 aliphatic carbocycles. The molecule has 0 spiro atoms. The van der Waals surface area contributed by atoms with E-state index in [2.05, 4.69) is 64.6 Å². The maximum absolute atomic E-state index is 5.49. The van der Waals surface area contributed by atoms with Gasteiger partial charge in [-0.15, -0.1) is 0 Å². The molecule has 1 aliphatic rings. The summed E-state index contributed by atoms with van der Waals surface area (Å²) in [7, 11) is 3.93. The Kier molecular flexibility index (Phi) is 6.45. The lowest BCUT2D eigenvalue weighted by Crippen LogP contribution is -2.47. The molecule has 2 aromatic rings. The van der Waals surface area contributed by atoms with E-state index >= 15 is 0 Å². The van der Waals surface area contributed by atoms with E-state index in [0.29, 0.717) is 6.04 Å². The van der Waals surface area contributed by atoms with E-state index < -0.39 is 0 Å². The molecule has 4 heteroatoms. The number of rotatable bonds is 7. The summed E-state index contributed by atoms with van der Waals surface area (Å²) < 4.78 is 5.49. The molecule has 1 aliphatic heterocycles. The highest BCUT2D eigenvalue weighted by atomic mass is 16.5. The first-order chi connectivity index (χ1) is 12.3. The maximum atomic E-state index is 5.49. The molecule has 0 amide bonds. The van der Waals surface area contributed by atoms with Gasteiger partial charge in [0.25, 0.3) is 0 Å². The van der Waals surface area contributed by atoms with Crippen molar-refractivity contribution >= 4 is 0 Å². The van der Waals surface area contributed by atoms with Gasteiger partial charge in [0, 0.05) is 50.9 Å². The van der Waals surface area contributed by atoms with E-state index in [9.17, 15) is 0 Å². The number of ether oxygens (including phenoxy) is 1. The quantitative estimate of drug-likeness (QED) is 0.839. The van der Waals surface area contributed by atoms with Crippen LogP contribution in [0.5, 0.6) is 5.75 Å². The zero-order valence-electron chi connectivity index (χ0n) is 15.3. The fourth-order valence-corrected chi connectivity index (χ4v) is 3.34. The van der Waals surface area contributed by atoms with Gasteiger partial charge in [0.2, 0.25) is 0 Å². The number of nitrogens with one attached hydrogen (secondary N) is 1. The molecular formula is C21H29N3O. The molecule has 0 saturated carbocycles. The Labute approximate surface area is 151 Å². The molecule has 1 saturated heterocycles. The molecule has 4 nitrogen and oxygen atoms in total. The number of nitrogens with zero attached hydrogens (tertiary/aromatic N) is 2. The van der Waals surface area contributed by atoms with E-state index in [1.54, 1.807) is 7.11 Å². The lowest BCUT2D eigenvalue weighted by Gasteiger charge is -2.35. The van der Waals surface area contributed by atoms with Crippen LogP contribution in [0.1, 0.15) is 17.2 Å². The van der Waals surface area contributed by atoms with Crippen LogP contribution in [0.25, 0.3) is 0 Å². The first-order valence-corrected chi connectivity index (χ1v) is 9.07. The molecule has 1 N–H and O–H groups in total. The van der Waals surface area contributed by atoms with Gasteiger partial charge in [-0.2, -0.15) is 0 Å². The first-order valence-electron chi connectivity index (χ1n) is 9.07. The lowest BCUT2D eigenvalue weighted by molar-refractivity contribution is 0.141. The Morgan fingerprint density at radius 2 is 1.64 bits per heavy atom. The monoisotopic (exact) mass is 339 g/mol. The molecule has 25 heavy (non-hydrogen) atoms. The summed E-state index contributed by atoms with van der Waals surface area (Å²) in [6.07, 6.45) is 0. The third-order valence-electron chi connectivity index (χ3n) is 4.97. The van der Waals surface area contributed by atoms with E-state index in [4.69, 9.17) is 4.74 Å². The van der Waals surface area contributed by atoms with Gasteiger partial charge < -0.3 is 15.0 Å². The summed E-state index contributed by atoms with van der Waals surface area (Å²) in [4.78, 5) is 4.96. The van der Waals surface area contributed by atoms with Gasteiger partial charge in [-0.25, -0.2) is 0 Å². The van der Waals surface area contributed by atoms with Crippen LogP contribution >= 0.6 is 0 Å². The van der Waals surface area contributed by atoms with E-state index in [-0.39, 0.29) is 0 Å². The van der Waals surface area contributed by atoms with Gasteiger partial charge in [0.15, 0.2) is 0 Å². The van der Waals surface area contributed by atoms with Crippen molar-refractivity contribution in [2.75, 3.05) is 46.9 Å². The standard InChI is InChI=1S/C21H29N3O/c1-23-12-14-24(15-13-23)17-20(18-8-4-3-5-9-18)22-16-19-10-6-7-11-21(19)25-2/h3-11,20,22H,12-17H2,1-2H3/t20-/m1/s1. The molecular weight excluding hydrogens is 310 g/mol. The molecule has 1 atom stereocenters. The van der Waals surface area contributed by atoms with Crippen LogP contribution in [-0.2, 0) is 6.54 Å². The summed E-state index contributed by atoms with van der Waals surface area (Å²) >= 11 is 0. The zero-order valence-corrected chi connectivity index (χ0v) is 15.3. The van der Waals surface area contributed by atoms with Crippen molar-refractivity contribution in [3.63, 3.8) is 0 Å². The maximum Gasteiger partial charge on any atom is 0.123 e. The van der Waals surface area contributed by atoms with E-state index in [0.717, 1.165) is 45.0 Å². The molecule has 3 rings (SSSR count). The predicted molar refractivity (Wildman–Crippen MR) is 103 cm³/mol. The molecule has 2 aromatic carbocycles. The van der Waals surface area contributed by atoms with Crippen molar-refractivity contribution in [2.45, 2.75) is 12.6 Å². The van der Waals surface area contributed by atoms with Gasteiger partial charge >= 0.3 is 0 Å². The number of para-hydroxylation sites is 1. The van der Waals surface area contributed by atoms with Crippen LogP contribution in [0, 0.1) is 0 Å². The second-order valence-corrected chi connectivity index (χ2v) is 6.76. The zero-order chi connectivity index (χ0) is 17.5. The first kappa shape index (κ1) is 17.9.